The van der Waals surface area contributed by atoms with Crippen molar-refractivity contribution in [2.45, 2.75) is 58.2 Å². The molecule has 0 spiro atoms. The van der Waals surface area contributed by atoms with Gasteiger partial charge in [0.25, 0.3) is 0 Å². The lowest BCUT2D eigenvalue weighted by molar-refractivity contribution is 0.227. The first-order valence-electron chi connectivity index (χ1n) is 7.26. The molecule has 0 amide bonds. The molecule has 0 bridgehead atoms. The Balaban J connectivity index is 2.03. The number of halogens is 6. The zero-order valence-electron chi connectivity index (χ0n) is 11.8. The minimum atomic E-state index is -1.56. The number of hydrogen-bond acceptors (Lipinski definition) is 3. The van der Waals surface area contributed by atoms with Gasteiger partial charge >= 0.3 is 0 Å². The first-order valence-corrected chi connectivity index (χ1v) is 9.53. The maximum atomic E-state index is 5.97. The van der Waals surface area contributed by atoms with E-state index in [4.69, 9.17) is 69.6 Å². The van der Waals surface area contributed by atoms with Crippen LogP contribution in [-0.2, 0) is 0 Å². The molecule has 1 aliphatic heterocycles. The normalized spacial score (nSPS) is 32.5. The summed E-state index contributed by atoms with van der Waals surface area (Å²) in [6.07, 6.45) is 8.98. The molecule has 128 valence electrons. The molecular formula is C13H19Cl6N3. The van der Waals surface area contributed by atoms with Gasteiger partial charge in [0.15, 0.2) is 0 Å². The molecule has 3 nitrogen and oxygen atoms in total. The van der Waals surface area contributed by atoms with Crippen molar-refractivity contribution in [2.24, 2.45) is 5.92 Å². The topological polar surface area (TPSA) is 36.1 Å². The van der Waals surface area contributed by atoms with Gasteiger partial charge in [0, 0.05) is 0 Å². The van der Waals surface area contributed by atoms with Crippen molar-refractivity contribution in [3.8, 4) is 0 Å². The van der Waals surface area contributed by atoms with Crippen molar-refractivity contribution in [1.29, 1.82) is 0 Å². The molecule has 2 rings (SSSR count). The van der Waals surface area contributed by atoms with Gasteiger partial charge in [0.1, 0.15) is 12.3 Å². The van der Waals surface area contributed by atoms with Crippen LogP contribution < -0.4 is 16.0 Å². The van der Waals surface area contributed by atoms with E-state index in [1.165, 1.54) is 32.1 Å². The Morgan fingerprint density at radius 2 is 1.18 bits per heavy atom. The van der Waals surface area contributed by atoms with E-state index < -0.39 is 19.9 Å². The van der Waals surface area contributed by atoms with Crippen molar-refractivity contribution in [1.82, 2.24) is 16.0 Å². The molecule has 2 fully saturated rings. The van der Waals surface area contributed by atoms with Gasteiger partial charge < -0.3 is 0 Å². The predicted octanol–water partition coefficient (Wildman–Crippen LogP) is 4.62. The molecular weight excluding hydrogens is 411 g/mol. The maximum absolute atomic E-state index is 5.97. The van der Waals surface area contributed by atoms with Gasteiger partial charge in [-0.05, 0) is 18.8 Å². The van der Waals surface area contributed by atoms with E-state index in [1.807, 2.05) is 6.08 Å². The van der Waals surface area contributed by atoms with Gasteiger partial charge in [0.05, 0.1) is 6.17 Å². The van der Waals surface area contributed by atoms with Crippen molar-refractivity contribution >= 4 is 69.6 Å². The third-order valence-electron chi connectivity index (χ3n) is 3.91. The highest BCUT2D eigenvalue weighted by atomic mass is 35.6. The molecule has 0 aromatic rings. The van der Waals surface area contributed by atoms with Gasteiger partial charge in [-0.1, -0.05) is 101 Å². The number of rotatable bonds is 2. The first-order chi connectivity index (χ1) is 10.2. The highest BCUT2D eigenvalue weighted by molar-refractivity contribution is 6.68. The fourth-order valence-electron chi connectivity index (χ4n) is 2.75. The number of allylic oxidation sites excluding steroid dienone is 1. The van der Waals surface area contributed by atoms with Crippen LogP contribution in [0.15, 0.2) is 12.2 Å². The zero-order valence-corrected chi connectivity index (χ0v) is 16.3. The van der Waals surface area contributed by atoms with Crippen molar-refractivity contribution in [3.63, 3.8) is 0 Å². The van der Waals surface area contributed by atoms with E-state index in [-0.39, 0.29) is 6.17 Å². The Morgan fingerprint density at radius 3 is 1.64 bits per heavy atom. The Bertz CT molecular complexity index is 364. The maximum Gasteiger partial charge on any atom is 0.218 e. The summed E-state index contributed by atoms with van der Waals surface area (Å²) in [4.78, 5) is 0. The lowest BCUT2D eigenvalue weighted by Crippen LogP contribution is -2.73. The van der Waals surface area contributed by atoms with E-state index >= 15 is 0 Å². The van der Waals surface area contributed by atoms with E-state index in [2.05, 4.69) is 22.0 Å². The van der Waals surface area contributed by atoms with Crippen molar-refractivity contribution in [3.05, 3.63) is 12.2 Å². The summed E-state index contributed by atoms with van der Waals surface area (Å²) in [7, 11) is 0. The molecule has 0 radical (unpaired) electrons. The molecule has 1 aliphatic carbocycles. The minimum Gasteiger partial charge on any atom is -0.280 e. The molecule has 2 unspecified atom stereocenters. The summed E-state index contributed by atoms with van der Waals surface area (Å²) in [5.41, 5.74) is 0. The molecule has 1 heterocycles. The Labute approximate surface area is 161 Å². The van der Waals surface area contributed by atoms with Crippen LogP contribution in [-0.4, -0.2) is 26.1 Å². The predicted molar refractivity (Wildman–Crippen MR) is 97.1 cm³/mol. The third-order valence-corrected chi connectivity index (χ3v) is 5.22. The molecule has 9 heteroatoms. The second kappa shape index (κ2) is 8.16. The highest BCUT2D eigenvalue weighted by Gasteiger charge is 2.44. The van der Waals surface area contributed by atoms with Crippen LogP contribution in [0.25, 0.3) is 0 Å². The smallest absolute Gasteiger partial charge is 0.218 e. The minimum absolute atomic E-state index is 0.246. The average molecular weight is 430 g/mol. The standard InChI is InChI=1S/C13H19Cl6N3/c14-12(15,16)10-20-9(21-11(22-10)13(17,18)19)7-6-8-4-2-1-3-5-8/h6-11,20-22H,1-5H2. The average Bonchev–Trinajstić information content (AvgIpc) is 2.44. The van der Waals surface area contributed by atoms with Crippen LogP contribution in [0.2, 0.25) is 0 Å². The summed E-state index contributed by atoms with van der Waals surface area (Å²) in [6.45, 7) is 0. The van der Waals surface area contributed by atoms with Crippen LogP contribution >= 0.6 is 69.6 Å². The fourth-order valence-corrected chi connectivity index (χ4v) is 3.51. The van der Waals surface area contributed by atoms with Gasteiger partial charge in [-0.3, -0.25) is 16.0 Å². The van der Waals surface area contributed by atoms with Crippen LogP contribution in [0.1, 0.15) is 32.1 Å². The molecule has 2 atom stereocenters. The molecule has 1 saturated heterocycles. The Kier molecular flexibility index (Phi) is 7.30. The van der Waals surface area contributed by atoms with Gasteiger partial charge in [-0.25, -0.2) is 0 Å². The number of nitrogens with one attached hydrogen (secondary N) is 3. The van der Waals surface area contributed by atoms with Crippen LogP contribution in [0.5, 0.6) is 0 Å². The lowest BCUT2D eigenvalue weighted by Gasteiger charge is -2.42. The monoisotopic (exact) mass is 427 g/mol. The summed E-state index contributed by atoms with van der Waals surface area (Å²) in [5.74, 6) is 0.588. The van der Waals surface area contributed by atoms with E-state index in [0.29, 0.717) is 5.92 Å². The second-order valence-corrected chi connectivity index (χ2v) is 10.4. The molecule has 3 N–H and O–H groups in total. The highest BCUT2D eigenvalue weighted by Crippen LogP contribution is 2.35. The largest absolute Gasteiger partial charge is 0.280 e. The molecule has 0 aromatic heterocycles. The first kappa shape index (κ1) is 19.7. The molecule has 1 saturated carbocycles. The summed E-state index contributed by atoms with van der Waals surface area (Å²) < 4.78 is -3.12. The Hall–Kier alpha value is 1.36. The Morgan fingerprint density at radius 1 is 0.682 bits per heavy atom. The lowest BCUT2D eigenvalue weighted by atomic mass is 9.89. The molecule has 2 aliphatic rings. The number of alkyl halides is 6. The van der Waals surface area contributed by atoms with Gasteiger partial charge in [0.2, 0.25) is 7.59 Å². The zero-order chi connectivity index (χ0) is 16.4. The van der Waals surface area contributed by atoms with Crippen LogP contribution in [0.4, 0.5) is 0 Å². The summed E-state index contributed by atoms with van der Waals surface area (Å²) in [5, 5.41) is 9.26. The summed E-state index contributed by atoms with van der Waals surface area (Å²) in [6, 6.07) is 0. The van der Waals surface area contributed by atoms with Crippen molar-refractivity contribution in [2.75, 3.05) is 0 Å². The summed E-state index contributed by atoms with van der Waals surface area (Å²) >= 11 is 35.8. The quantitative estimate of drug-likeness (QED) is 0.442. The molecule has 0 aromatic carbocycles. The number of hydrogen-bond donors (Lipinski definition) is 3. The van der Waals surface area contributed by atoms with Crippen LogP contribution in [0.3, 0.4) is 0 Å². The van der Waals surface area contributed by atoms with Gasteiger partial charge in [-0.15, -0.1) is 0 Å². The third kappa shape index (κ3) is 6.02. The van der Waals surface area contributed by atoms with E-state index in [1.54, 1.807) is 0 Å². The van der Waals surface area contributed by atoms with Crippen LogP contribution in [0, 0.1) is 5.92 Å². The second-order valence-electron chi connectivity index (χ2n) is 5.71. The van der Waals surface area contributed by atoms with Gasteiger partial charge in [-0.2, -0.15) is 0 Å². The SMILES string of the molecule is ClC(Cl)(Cl)C1NC(C=CC2CCCCC2)NC(C(Cl)(Cl)Cl)N1. The fraction of sp³-hybridized carbons (Fsp3) is 0.846. The van der Waals surface area contributed by atoms with E-state index in [0.717, 1.165) is 0 Å². The molecule has 22 heavy (non-hydrogen) atoms. The van der Waals surface area contributed by atoms with Crippen molar-refractivity contribution < 1.29 is 0 Å². The van der Waals surface area contributed by atoms with E-state index in [9.17, 15) is 0 Å².